The maximum absolute atomic E-state index is 9.70. The third kappa shape index (κ3) is 4.01. The van der Waals surface area contributed by atoms with Crippen LogP contribution in [-0.2, 0) is 6.61 Å². The molecule has 0 unspecified atom stereocenters. The van der Waals surface area contributed by atoms with Gasteiger partial charge in [0.05, 0.1) is 5.69 Å². The molecule has 0 fully saturated rings. The van der Waals surface area contributed by atoms with Gasteiger partial charge in [-0.2, -0.15) is 5.26 Å². The molecule has 1 heterocycles. The quantitative estimate of drug-likeness (QED) is 0.470. The first-order valence-electron chi connectivity index (χ1n) is 9.69. The molecule has 146 valence electrons. The number of pyridine rings is 1. The Balaban J connectivity index is 1.73. The standard InChI is InChI=1S/C26H21N3O/c1-18-8-5-6-13-22(18)25-15-23(24(16-27)26(28)29-25)20-11-7-12-21(14-20)30-17-19-9-3-2-4-10-19/h2-15H,17H2,1H3,(H2,28,29). The van der Waals surface area contributed by atoms with Gasteiger partial charge in [0.1, 0.15) is 29.8 Å². The van der Waals surface area contributed by atoms with Gasteiger partial charge in [-0.25, -0.2) is 4.98 Å². The van der Waals surface area contributed by atoms with Crippen molar-refractivity contribution in [2.24, 2.45) is 0 Å². The third-order valence-electron chi connectivity index (χ3n) is 4.97. The SMILES string of the molecule is Cc1ccccc1-c1cc(-c2cccc(OCc3ccccc3)c2)c(C#N)c(N)n1. The Bertz CT molecular complexity index is 1230. The van der Waals surface area contributed by atoms with Crippen LogP contribution in [0.3, 0.4) is 0 Å². The Hall–Kier alpha value is -4.10. The number of nitrogens with zero attached hydrogens (tertiary/aromatic N) is 2. The third-order valence-corrected chi connectivity index (χ3v) is 4.97. The van der Waals surface area contributed by atoms with Crippen LogP contribution in [0.2, 0.25) is 0 Å². The predicted octanol–water partition coefficient (Wildman–Crippen LogP) is 5.76. The fourth-order valence-corrected chi connectivity index (χ4v) is 3.40. The molecule has 0 atom stereocenters. The minimum Gasteiger partial charge on any atom is -0.489 e. The van der Waals surface area contributed by atoms with Crippen molar-refractivity contribution in [1.82, 2.24) is 4.98 Å². The minimum atomic E-state index is 0.226. The van der Waals surface area contributed by atoms with Crippen molar-refractivity contribution in [2.45, 2.75) is 13.5 Å². The van der Waals surface area contributed by atoms with Crippen molar-refractivity contribution < 1.29 is 4.74 Å². The van der Waals surface area contributed by atoms with Gasteiger partial charge in [-0.15, -0.1) is 0 Å². The van der Waals surface area contributed by atoms with Crippen LogP contribution in [-0.4, -0.2) is 4.98 Å². The molecule has 0 aliphatic carbocycles. The molecule has 4 aromatic rings. The number of nitrogens with two attached hydrogens (primary N) is 1. The summed E-state index contributed by atoms with van der Waals surface area (Å²) < 4.78 is 5.96. The predicted molar refractivity (Wildman–Crippen MR) is 120 cm³/mol. The first-order valence-corrected chi connectivity index (χ1v) is 9.69. The Morgan fingerprint density at radius 3 is 2.43 bits per heavy atom. The molecule has 2 N–H and O–H groups in total. The largest absolute Gasteiger partial charge is 0.489 e. The van der Waals surface area contributed by atoms with E-state index in [-0.39, 0.29) is 5.82 Å². The van der Waals surface area contributed by atoms with E-state index in [1.807, 2.05) is 91.9 Å². The maximum Gasteiger partial charge on any atom is 0.142 e. The molecule has 0 spiro atoms. The van der Waals surface area contributed by atoms with Crippen LogP contribution in [0.15, 0.2) is 84.9 Å². The van der Waals surface area contributed by atoms with Crippen LogP contribution in [0.5, 0.6) is 5.75 Å². The lowest BCUT2D eigenvalue weighted by atomic mass is 9.97. The summed E-state index contributed by atoms with van der Waals surface area (Å²) >= 11 is 0. The summed E-state index contributed by atoms with van der Waals surface area (Å²) in [6, 6.07) is 29.8. The molecule has 0 radical (unpaired) electrons. The number of aromatic nitrogens is 1. The number of rotatable bonds is 5. The average molecular weight is 391 g/mol. The second kappa shape index (κ2) is 8.50. The Labute approximate surface area is 176 Å². The highest BCUT2D eigenvalue weighted by Crippen LogP contribution is 2.33. The van der Waals surface area contributed by atoms with Crippen LogP contribution in [0, 0.1) is 18.3 Å². The van der Waals surface area contributed by atoms with Gasteiger partial charge in [0.25, 0.3) is 0 Å². The second-order valence-corrected chi connectivity index (χ2v) is 7.04. The second-order valence-electron chi connectivity index (χ2n) is 7.04. The van der Waals surface area contributed by atoms with E-state index >= 15 is 0 Å². The van der Waals surface area contributed by atoms with Crippen LogP contribution in [0.4, 0.5) is 5.82 Å². The van der Waals surface area contributed by atoms with Gasteiger partial charge in [-0.05, 0) is 41.8 Å². The Kier molecular flexibility index (Phi) is 5.45. The van der Waals surface area contributed by atoms with Gasteiger partial charge in [0.2, 0.25) is 0 Å². The molecule has 4 heteroatoms. The smallest absolute Gasteiger partial charge is 0.142 e. The van der Waals surface area contributed by atoms with Crippen molar-refractivity contribution in [1.29, 1.82) is 5.26 Å². The fourth-order valence-electron chi connectivity index (χ4n) is 3.40. The monoisotopic (exact) mass is 391 g/mol. The summed E-state index contributed by atoms with van der Waals surface area (Å²) in [6.07, 6.45) is 0. The molecule has 30 heavy (non-hydrogen) atoms. The number of aryl methyl sites for hydroxylation is 1. The number of ether oxygens (including phenoxy) is 1. The van der Waals surface area contributed by atoms with Gasteiger partial charge in [-0.1, -0.05) is 66.7 Å². The van der Waals surface area contributed by atoms with Gasteiger partial charge < -0.3 is 10.5 Å². The van der Waals surface area contributed by atoms with E-state index < -0.39 is 0 Å². The zero-order valence-electron chi connectivity index (χ0n) is 16.7. The molecule has 0 saturated carbocycles. The molecule has 0 bridgehead atoms. The first-order chi connectivity index (χ1) is 14.7. The van der Waals surface area contributed by atoms with E-state index in [4.69, 9.17) is 10.5 Å². The lowest BCUT2D eigenvalue weighted by Crippen LogP contribution is -2.01. The first kappa shape index (κ1) is 19.2. The molecule has 4 nitrogen and oxygen atoms in total. The fraction of sp³-hybridized carbons (Fsp3) is 0.0769. The van der Waals surface area contributed by atoms with Crippen LogP contribution in [0.25, 0.3) is 22.4 Å². The van der Waals surface area contributed by atoms with Crippen molar-refractivity contribution in [3.8, 4) is 34.2 Å². The van der Waals surface area contributed by atoms with Crippen LogP contribution < -0.4 is 10.5 Å². The summed E-state index contributed by atoms with van der Waals surface area (Å²) in [4.78, 5) is 4.48. The molecule has 4 rings (SSSR count). The van der Waals surface area contributed by atoms with E-state index in [9.17, 15) is 5.26 Å². The number of benzene rings is 3. The molecule has 0 amide bonds. The van der Waals surface area contributed by atoms with Crippen molar-refractivity contribution >= 4 is 5.82 Å². The molecule has 0 saturated heterocycles. The normalized spacial score (nSPS) is 10.4. The van der Waals surface area contributed by atoms with Gasteiger partial charge in [0.15, 0.2) is 0 Å². The molecular weight excluding hydrogens is 370 g/mol. The van der Waals surface area contributed by atoms with E-state index in [2.05, 4.69) is 11.1 Å². The Morgan fingerprint density at radius 2 is 1.67 bits per heavy atom. The lowest BCUT2D eigenvalue weighted by molar-refractivity contribution is 0.306. The van der Waals surface area contributed by atoms with E-state index in [1.165, 1.54) is 0 Å². The summed E-state index contributed by atoms with van der Waals surface area (Å²) in [6.45, 7) is 2.51. The van der Waals surface area contributed by atoms with Crippen molar-refractivity contribution in [3.63, 3.8) is 0 Å². The zero-order chi connectivity index (χ0) is 20.9. The minimum absolute atomic E-state index is 0.226. The summed E-state index contributed by atoms with van der Waals surface area (Å²) in [7, 11) is 0. The average Bonchev–Trinajstić information content (AvgIpc) is 2.78. The molecule has 3 aromatic carbocycles. The number of anilines is 1. The Morgan fingerprint density at radius 1 is 0.900 bits per heavy atom. The highest BCUT2D eigenvalue weighted by atomic mass is 16.5. The topological polar surface area (TPSA) is 71.9 Å². The number of hydrogen-bond donors (Lipinski definition) is 1. The van der Waals surface area contributed by atoms with Crippen molar-refractivity contribution in [3.05, 3.63) is 102 Å². The summed E-state index contributed by atoms with van der Waals surface area (Å²) in [5.41, 5.74) is 12.1. The molecular formula is C26H21N3O. The lowest BCUT2D eigenvalue weighted by Gasteiger charge is -2.13. The number of nitrogen functional groups attached to an aromatic ring is 1. The van der Waals surface area contributed by atoms with E-state index in [0.29, 0.717) is 12.2 Å². The van der Waals surface area contributed by atoms with Crippen LogP contribution >= 0.6 is 0 Å². The van der Waals surface area contributed by atoms with Crippen LogP contribution in [0.1, 0.15) is 16.7 Å². The number of nitriles is 1. The molecule has 1 aromatic heterocycles. The summed E-state index contributed by atoms with van der Waals surface area (Å²) in [5, 5.41) is 9.70. The summed E-state index contributed by atoms with van der Waals surface area (Å²) in [5.74, 6) is 0.955. The molecule has 0 aliphatic rings. The van der Waals surface area contributed by atoms with E-state index in [0.717, 1.165) is 39.3 Å². The van der Waals surface area contributed by atoms with Gasteiger partial charge >= 0.3 is 0 Å². The molecule has 0 aliphatic heterocycles. The van der Waals surface area contributed by atoms with Crippen molar-refractivity contribution in [2.75, 3.05) is 5.73 Å². The highest BCUT2D eigenvalue weighted by molar-refractivity contribution is 5.81. The zero-order valence-corrected chi connectivity index (χ0v) is 16.7. The number of hydrogen-bond acceptors (Lipinski definition) is 4. The maximum atomic E-state index is 9.70. The highest BCUT2D eigenvalue weighted by Gasteiger charge is 2.15. The van der Waals surface area contributed by atoms with Gasteiger partial charge in [-0.3, -0.25) is 0 Å². The van der Waals surface area contributed by atoms with E-state index in [1.54, 1.807) is 0 Å². The van der Waals surface area contributed by atoms with Gasteiger partial charge in [0, 0.05) is 11.1 Å².